The zero-order chi connectivity index (χ0) is 18.9. The zero-order valence-electron chi connectivity index (χ0n) is 14.7. The van der Waals surface area contributed by atoms with Crippen LogP contribution in [0.1, 0.15) is 20.8 Å². The number of aromatic nitrogens is 1. The number of rotatable bonds is 2. The lowest BCUT2D eigenvalue weighted by atomic mass is 9.96. The number of amides is 1. The number of anilines is 1. The van der Waals surface area contributed by atoms with Gasteiger partial charge < -0.3 is 15.7 Å². The molecule has 1 amide bonds. The van der Waals surface area contributed by atoms with E-state index in [4.69, 9.17) is 12.2 Å². The first-order chi connectivity index (χ1) is 12.2. The highest BCUT2D eigenvalue weighted by Gasteiger charge is 2.22. The van der Waals surface area contributed by atoms with E-state index >= 15 is 0 Å². The second kappa shape index (κ2) is 7.01. The fraction of sp³-hybridized carbons (Fsp3) is 0.211. The van der Waals surface area contributed by atoms with Gasteiger partial charge in [0.1, 0.15) is 10.8 Å². The predicted octanol–water partition coefficient (Wildman–Crippen LogP) is 4.53. The second-order valence-electron chi connectivity index (χ2n) is 6.88. The molecule has 0 bridgehead atoms. The molecule has 0 atom stereocenters. The normalized spacial score (nSPS) is 11.3. The maximum Gasteiger partial charge on any atom is 0.231 e. The molecule has 0 saturated heterocycles. The Bertz CT molecular complexity index is 957. The number of benzene rings is 2. The van der Waals surface area contributed by atoms with E-state index < -0.39 is 5.41 Å². The van der Waals surface area contributed by atoms with Gasteiger partial charge in [-0.15, -0.1) is 11.3 Å². The number of carbonyl (C=O) groups excluding carboxylic acids is 1. The van der Waals surface area contributed by atoms with Crippen LogP contribution in [-0.2, 0) is 4.79 Å². The van der Waals surface area contributed by atoms with Gasteiger partial charge in [0, 0.05) is 17.2 Å². The summed E-state index contributed by atoms with van der Waals surface area (Å²) in [5, 5.41) is 16.9. The first kappa shape index (κ1) is 18.3. The Balaban J connectivity index is 1.77. The number of thiocarbonyl (C=S) groups is 1. The van der Waals surface area contributed by atoms with Crippen molar-refractivity contribution in [2.75, 3.05) is 5.32 Å². The minimum Gasteiger partial charge on any atom is -0.507 e. The number of aromatic hydroxyl groups is 1. The highest BCUT2D eigenvalue weighted by atomic mass is 32.1. The highest BCUT2D eigenvalue weighted by Crippen LogP contribution is 2.36. The average molecular weight is 386 g/mol. The van der Waals surface area contributed by atoms with Crippen LogP contribution in [0.25, 0.3) is 20.8 Å². The van der Waals surface area contributed by atoms with Crippen molar-refractivity contribution in [3.63, 3.8) is 0 Å². The summed E-state index contributed by atoms with van der Waals surface area (Å²) in [5.74, 6) is -0.0793. The Hall–Kier alpha value is -2.51. The maximum absolute atomic E-state index is 12.0. The topological polar surface area (TPSA) is 74.2 Å². The molecule has 2 aromatic carbocycles. The van der Waals surface area contributed by atoms with Crippen LogP contribution in [0.15, 0.2) is 42.5 Å². The molecule has 134 valence electrons. The van der Waals surface area contributed by atoms with Crippen LogP contribution < -0.4 is 10.6 Å². The Labute approximate surface area is 161 Å². The van der Waals surface area contributed by atoms with E-state index in [9.17, 15) is 9.90 Å². The summed E-state index contributed by atoms with van der Waals surface area (Å²) >= 11 is 6.68. The molecule has 3 aromatic rings. The third kappa shape index (κ3) is 4.00. The largest absolute Gasteiger partial charge is 0.507 e. The summed E-state index contributed by atoms with van der Waals surface area (Å²) in [6.07, 6.45) is 0. The Morgan fingerprint density at radius 2 is 1.92 bits per heavy atom. The third-order valence-electron chi connectivity index (χ3n) is 3.69. The van der Waals surface area contributed by atoms with Crippen LogP contribution in [0.3, 0.4) is 0 Å². The van der Waals surface area contributed by atoms with Crippen molar-refractivity contribution in [1.82, 2.24) is 10.3 Å². The molecular formula is C19H19N3O2S2. The predicted molar refractivity (Wildman–Crippen MR) is 111 cm³/mol. The molecular weight excluding hydrogens is 366 g/mol. The second-order valence-corrected chi connectivity index (χ2v) is 8.32. The van der Waals surface area contributed by atoms with Crippen LogP contribution >= 0.6 is 23.6 Å². The molecule has 3 N–H and O–H groups in total. The molecule has 5 nitrogen and oxygen atoms in total. The van der Waals surface area contributed by atoms with Gasteiger partial charge in [-0.05, 0) is 36.5 Å². The molecule has 0 aliphatic heterocycles. The van der Waals surface area contributed by atoms with Gasteiger partial charge in [-0.2, -0.15) is 0 Å². The number of phenolic OH excluding ortho intramolecular Hbond substituents is 1. The fourth-order valence-corrected chi connectivity index (χ4v) is 3.44. The van der Waals surface area contributed by atoms with Gasteiger partial charge in [-0.1, -0.05) is 32.9 Å². The van der Waals surface area contributed by atoms with Crippen molar-refractivity contribution in [3.05, 3.63) is 42.5 Å². The van der Waals surface area contributed by atoms with E-state index in [2.05, 4.69) is 15.6 Å². The molecule has 0 unspecified atom stereocenters. The van der Waals surface area contributed by atoms with Crippen molar-refractivity contribution in [2.24, 2.45) is 5.41 Å². The Morgan fingerprint density at radius 1 is 1.19 bits per heavy atom. The number of thiazole rings is 1. The van der Waals surface area contributed by atoms with Crippen molar-refractivity contribution in [1.29, 1.82) is 0 Å². The van der Waals surface area contributed by atoms with E-state index in [1.54, 1.807) is 18.2 Å². The van der Waals surface area contributed by atoms with Crippen LogP contribution in [-0.4, -0.2) is 21.1 Å². The lowest BCUT2D eigenvalue weighted by molar-refractivity contribution is -0.126. The van der Waals surface area contributed by atoms with Crippen molar-refractivity contribution in [2.45, 2.75) is 20.8 Å². The number of phenols is 1. The first-order valence-corrected chi connectivity index (χ1v) is 9.28. The summed E-state index contributed by atoms with van der Waals surface area (Å²) in [6, 6.07) is 13.0. The van der Waals surface area contributed by atoms with E-state index in [1.807, 2.05) is 45.0 Å². The van der Waals surface area contributed by atoms with E-state index in [0.717, 1.165) is 15.2 Å². The van der Waals surface area contributed by atoms with Crippen LogP contribution in [0.4, 0.5) is 5.69 Å². The SMILES string of the molecule is CC(C)(C)C(=O)NC(=S)Nc1ccc(-c2nc3ccccc3s2)c(O)c1. The number of nitrogens with one attached hydrogen (secondary N) is 2. The fourth-order valence-electron chi connectivity index (χ4n) is 2.23. The molecule has 26 heavy (non-hydrogen) atoms. The van der Waals surface area contributed by atoms with Crippen molar-refractivity contribution < 1.29 is 9.90 Å². The number of fused-ring (bicyclic) bond motifs is 1. The van der Waals surface area contributed by atoms with Crippen molar-refractivity contribution in [3.8, 4) is 16.3 Å². The van der Waals surface area contributed by atoms with Gasteiger partial charge in [0.15, 0.2) is 5.11 Å². The summed E-state index contributed by atoms with van der Waals surface area (Å²) in [5.41, 5.74) is 1.61. The van der Waals surface area contributed by atoms with Gasteiger partial charge in [-0.3, -0.25) is 4.79 Å². The lowest BCUT2D eigenvalue weighted by Crippen LogP contribution is -2.41. The molecule has 1 aromatic heterocycles. The van der Waals surface area contributed by atoms with Gasteiger partial charge in [0.2, 0.25) is 5.91 Å². The van der Waals surface area contributed by atoms with Gasteiger partial charge in [0.25, 0.3) is 0 Å². The average Bonchev–Trinajstić information content (AvgIpc) is 2.97. The minimum atomic E-state index is -0.537. The highest BCUT2D eigenvalue weighted by molar-refractivity contribution is 7.80. The molecule has 0 aliphatic rings. The monoisotopic (exact) mass is 385 g/mol. The number of carbonyl (C=O) groups is 1. The number of nitrogens with zero attached hydrogens (tertiary/aromatic N) is 1. The first-order valence-electron chi connectivity index (χ1n) is 8.05. The molecule has 0 radical (unpaired) electrons. The van der Waals surface area contributed by atoms with Gasteiger partial charge >= 0.3 is 0 Å². The minimum absolute atomic E-state index is 0.0963. The Kier molecular flexibility index (Phi) is 4.93. The van der Waals surface area contributed by atoms with E-state index in [1.165, 1.54) is 11.3 Å². The molecule has 1 heterocycles. The Morgan fingerprint density at radius 3 is 2.58 bits per heavy atom. The summed E-state index contributed by atoms with van der Waals surface area (Å²) in [4.78, 5) is 16.5. The summed E-state index contributed by atoms with van der Waals surface area (Å²) in [7, 11) is 0. The quantitative estimate of drug-likeness (QED) is 0.565. The van der Waals surface area contributed by atoms with Gasteiger partial charge in [-0.25, -0.2) is 4.98 Å². The molecule has 0 aliphatic carbocycles. The zero-order valence-corrected chi connectivity index (χ0v) is 16.3. The summed E-state index contributed by atoms with van der Waals surface area (Å²) in [6.45, 7) is 5.43. The molecule has 0 saturated carbocycles. The molecule has 0 fully saturated rings. The maximum atomic E-state index is 12.0. The van der Waals surface area contributed by atoms with Crippen LogP contribution in [0.5, 0.6) is 5.75 Å². The van der Waals surface area contributed by atoms with Gasteiger partial charge in [0.05, 0.1) is 15.8 Å². The van der Waals surface area contributed by atoms with Crippen LogP contribution in [0, 0.1) is 5.41 Å². The molecule has 3 rings (SSSR count). The smallest absolute Gasteiger partial charge is 0.231 e. The van der Waals surface area contributed by atoms with E-state index in [-0.39, 0.29) is 16.8 Å². The molecule has 7 heteroatoms. The number of hydrogen-bond acceptors (Lipinski definition) is 5. The van der Waals surface area contributed by atoms with Crippen LogP contribution in [0.2, 0.25) is 0 Å². The standard InChI is InChI=1S/C19H19N3O2S2/c1-19(2,3)17(24)22-18(25)20-11-8-9-12(14(23)10-11)16-21-13-6-4-5-7-15(13)26-16/h4-10,23H,1-3H3,(H2,20,22,24,25). The van der Waals surface area contributed by atoms with Crippen molar-refractivity contribution >= 4 is 50.5 Å². The lowest BCUT2D eigenvalue weighted by Gasteiger charge is -2.18. The number of para-hydroxylation sites is 1. The number of hydrogen-bond donors (Lipinski definition) is 3. The molecule has 0 spiro atoms. The van der Waals surface area contributed by atoms with E-state index in [0.29, 0.717) is 11.3 Å². The summed E-state index contributed by atoms with van der Waals surface area (Å²) < 4.78 is 1.06. The third-order valence-corrected chi connectivity index (χ3v) is 4.96.